The lowest BCUT2D eigenvalue weighted by molar-refractivity contribution is 0.0996. The summed E-state index contributed by atoms with van der Waals surface area (Å²) in [6, 6.07) is 6.35. The first-order valence-electron chi connectivity index (χ1n) is 9.94. The molecule has 1 fully saturated rings. The number of hydrogen-bond donors (Lipinski definition) is 3. The summed E-state index contributed by atoms with van der Waals surface area (Å²) < 4.78 is 1.20. The van der Waals surface area contributed by atoms with Gasteiger partial charge >= 0.3 is 5.69 Å². The molecular weight excluding hydrogens is 400 g/mol. The van der Waals surface area contributed by atoms with Gasteiger partial charge in [-0.05, 0) is 43.5 Å². The quantitative estimate of drug-likeness (QED) is 0.571. The fourth-order valence-electron chi connectivity index (χ4n) is 3.76. The zero-order valence-corrected chi connectivity index (χ0v) is 17.0. The number of carbonyl (C=O) groups is 2. The van der Waals surface area contributed by atoms with Crippen molar-refractivity contribution in [1.82, 2.24) is 14.5 Å². The maximum atomic E-state index is 13.0. The monoisotopic (exact) mass is 422 g/mol. The molecule has 4 N–H and O–H groups in total. The van der Waals surface area contributed by atoms with Crippen molar-refractivity contribution < 1.29 is 9.59 Å². The van der Waals surface area contributed by atoms with Crippen LogP contribution in [0.5, 0.6) is 0 Å². The topological polar surface area (TPSA) is 143 Å². The number of benzene rings is 1. The molecule has 0 bridgehead atoms. The molecule has 1 aliphatic rings. The highest BCUT2D eigenvalue weighted by molar-refractivity contribution is 6.08. The smallest absolute Gasteiger partial charge is 0.329 e. The first-order valence-corrected chi connectivity index (χ1v) is 9.94. The number of pyridine rings is 1. The standard InChI is InChI=1S/C21H22N6O4/c1-26-18-14(20(30)25-21(26)31)9-13(11-23-18)19(29)24-15-10-12(17(22)28)5-6-16(15)27-7-3-2-4-8-27/h5-6,9-11H,2-4,7-8H2,1H3,(H2,22,28)(H,24,29)(H,25,30,31). The third kappa shape index (κ3) is 3.91. The number of aryl methyl sites for hydroxylation is 1. The van der Waals surface area contributed by atoms with Crippen molar-refractivity contribution in [1.29, 1.82) is 0 Å². The predicted molar refractivity (Wildman–Crippen MR) is 117 cm³/mol. The minimum absolute atomic E-state index is 0.122. The van der Waals surface area contributed by atoms with Gasteiger partial charge in [-0.3, -0.25) is 23.9 Å². The van der Waals surface area contributed by atoms with E-state index in [-0.39, 0.29) is 22.2 Å². The molecule has 0 atom stereocenters. The predicted octanol–water partition coefficient (Wildman–Crippen LogP) is 0.963. The maximum Gasteiger partial charge on any atom is 0.329 e. The van der Waals surface area contributed by atoms with E-state index in [4.69, 9.17) is 5.73 Å². The second kappa shape index (κ2) is 8.05. The van der Waals surface area contributed by atoms with Gasteiger partial charge < -0.3 is 16.0 Å². The average molecular weight is 422 g/mol. The number of nitrogens with two attached hydrogens (primary N) is 1. The molecule has 10 heteroatoms. The van der Waals surface area contributed by atoms with Crippen molar-refractivity contribution in [3.05, 3.63) is 62.4 Å². The fourth-order valence-corrected chi connectivity index (χ4v) is 3.76. The Morgan fingerprint density at radius 3 is 2.55 bits per heavy atom. The summed E-state index contributed by atoms with van der Waals surface area (Å²) in [6.45, 7) is 1.69. The van der Waals surface area contributed by atoms with Crippen molar-refractivity contribution in [2.24, 2.45) is 12.8 Å². The first kappa shape index (κ1) is 20.3. The Morgan fingerprint density at radius 1 is 1.10 bits per heavy atom. The number of carbonyl (C=O) groups excluding carboxylic acids is 2. The Hall–Kier alpha value is -3.95. The summed E-state index contributed by atoms with van der Waals surface area (Å²) in [5.41, 5.74) is 6.06. The molecule has 0 unspecified atom stereocenters. The van der Waals surface area contributed by atoms with Gasteiger partial charge in [0.2, 0.25) is 5.91 Å². The minimum atomic E-state index is -0.620. The number of piperidine rings is 1. The van der Waals surface area contributed by atoms with Crippen LogP contribution in [0.1, 0.15) is 40.0 Å². The highest BCUT2D eigenvalue weighted by Crippen LogP contribution is 2.30. The van der Waals surface area contributed by atoms with Crippen molar-refractivity contribution in [2.45, 2.75) is 19.3 Å². The number of hydrogen-bond acceptors (Lipinski definition) is 6. The fraction of sp³-hybridized carbons (Fsp3) is 0.286. The third-order valence-electron chi connectivity index (χ3n) is 5.44. The summed E-state index contributed by atoms with van der Waals surface area (Å²) in [5.74, 6) is -1.09. The third-order valence-corrected chi connectivity index (χ3v) is 5.44. The van der Waals surface area contributed by atoms with Crippen LogP contribution in [0, 0.1) is 0 Å². The van der Waals surface area contributed by atoms with E-state index >= 15 is 0 Å². The number of primary amides is 1. The van der Waals surface area contributed by atoms with E-state index < -0.39 is 23.1 Å². The zero-order chi connectivity index (χ0) is 22.1. The van der Waals surface area contributed by atoms with Crippen LogP contribution < -0.4 is 27.2 Å². The molecule has 0 radical (unpaired) electrons. The second-order valence-corrected chi connectivity index (χ2v) is 7.51. The second-order valence-electron chi connectivity index (χ2n) is 7.51. The molecule has 1 saturated heterocycles. The number of nitrogens with one attached hydrogen (secondary N) is 2. The lowest BCUT2D eigenvalue weighted by Crippen LogP contribution is -2.31. The minimum Gasteiger partial charge on any atom is -0.370 e. The lowest BCUT2D eigenvalue weighted by Gasteiger charge is -2.30. The molecule has 0 aliphatic carbocycles. The molecule has 2 aromatic heterocycles. The van der Waals surface area contributed by atoms with Crippen molar-refractivity contribution in [2.75, 3.05) is 23.3 Å². The highest BCUT2D eigenvalue weighted by atomic mass is 16.2. The van der Waals surface area contributed by atoms with Crippen LogP contribution in [-0.4, -0.2) is 39.4 Å². The summed E-state index contributed by atoms with van der Waals surface area (Å²) >= 11 is 0. The van der Waals surface area contributed by atoms with Crippen molar-refractivity contribution >= 4 is 34.2 Å². The SMILES string of the molecule is Cn1c(=O)[nH]c(=O)c2cc(C(=O)Nc3cc(C(N)=O)ccc3N3CCCCC3)cnc21. The molecule has 1 aromatic carbocycles. The molecule has 31 heavy (non-hydrogen) atoms. The van der Waals surface area contributed by atoms with Gasteiger partial charge in [-0.2, -0.15) is 0 Å². The van der Waals surface area contributed by atoms with Crippen LogP contribution in [-0.2, 0) is 7.05 Å². The molecule has 2 amide bonds. The van der Waals surface area contributed by atoms with Crippen LogP contribution in [0.25, 0.3) is 11.0 Å². The number of anilines is 2. The number of nitrogens with zero attached hydrogens (tertiary/aromatic N) is 3. The molecule has 0 saturated carbocycles. The Bertz CT molecular complexity index is 1300. The van der Waals surface area contributed by atoms with E-state index in [0.717, 1.165) is 38.0 Å². The van der Waals surface area contributed by atoms with Gasteiger partial charge in [0, 0.05) is 31.9 Å². The Balaban J connectivity index is 1.72. The number of aromatic amines is 1. The van der Waals surface area contributed by atoms with Gasteiger partial charge in [-0.1, -0.05) is 0 Å². The van der Waals surface area contributed by atoms with Gasteiger partial charge in [0.15, 0.2) is 0 Å². The maximum absolute atomic E-state index is 13.0. The van der Waals surface area contributed by atoms with E-state index in [1.165, 1.54) is 23.9 Å². The summed E-state index contributed by atoms with van der Waals surface area (Å²) in [5, 5.41) is 2.94. The van der Waals surface area contributed by atoms with E-state index in [1.54, 1.807) is 18.2 Å². The summed E-state index contributed by atoms with van der Waals surface area (Å²) in [7, 11) is 1.48. The van der Waals surface area contributed by atoms with Crippen LogP contribution in [0.3, 0.4) is 0 Å². The number of fused-ring (bicyclic) bond motifs is 1. The summed E-state index contributed by atoms with van der Waals surface area (Å²) in [4.78, 5) is 57.0. The molecule has 10 nitrogen and oxygen atoms in total. The molecule has 3 aromatic rings. The van der Waals surface area contributed by atoms with Gasteiger partial charge in [0.1, 0.15) is 5.65 Å². The molecule has 0 spiro atoms. The highest BCUT2D eigenvalue weighted by Gasteiger charge is 2.19. The Labute approximate surface area is 176 Å². The van der Waals surface area contributed by atoms with Crippen LogP contribution in [0.15, 0.2) is 40.1 Å². The van der Waals surface area contributed by atoms with E-state index in [9.17, 15) is 19.2 Å². The Morgan fingerprint density at radius 2 is 1.84 bits per heavy atom. The van der Waals surface area contributed by atoms with Crippen LogP contribution >= 0.6 is 0 Å². The van der Waals surface area contributed by atoms with Gasteiger partial charge in [0.25, 0.3) is 11.5 Å². The van der Waals surface area contributed by atoms with Crippen molar-refractivity contribution in [3.8, 4) is 0 Å². The normalized spacial score (nSPS) is 13.9. The summed E-state index contributed by atoms with van der Waals surface area (Å²) in [6.07, 6.45) is 4.54. The van der Waals surface area contributed by atoms with Gasteiger partial charge in [-0.25, -0.2) is 9.78 Å². The lowest BCUT2D eigenvalue weighted by atomic mass is 10.1. The van der Waals surface area contributed by atoms with E-state index in [1.807, 2.05) is 0 Å². The van der Waals surface area contributed by atoms with Crippen LogP contribution in [0.2, 0.25) is 0 Å². The molecule has 4 rings (SSSR count). The number of H-pyrrole nitrogens is 1. The largest absolute Gasteiger partial charge is 0.370 e. The Kier molecular flexibility index (Phi) is 5.28. The molecule has 3 heterocycles. The molecular formula is C21H22N6O4. The van der Waals surface area contributed by atoms with Crippen LogP contribution in [0.4, 0.5) is 11.4 Å². The van der Waals surface area contributed by atoms with E-state index in [0.29, 0.717) is 5.69 Å². The number of aromatic nitrogens is 3. The number of rotatable bonds is 4. The zero-order valence-electron chi connectivity index (χ0n) is 17.0. The average Bonchev–Trinajstić information content (AvgIpc) is 2.77. The number of amides is 2. The molecule has 1 aliphatic heterocycles. The van der Waals surface area contributed by atoms with Crippen molar-refractivity contribution in [3.63, 3.8) is 0 Å². The van der Waals surface area contributed by atoms with Gasteiger partial charge in [0.05, 0.1) is 22.3 Å². The van der Waals surface area contributed by atoms with E-state index in [2.05, 4.69) is 20.2 Å². The van der Waals surface area contributed by atoms with Gasteiger partial charge in [-0.15, -0.1) is 0 Å². The molecule has 160 valence electrons. The first-order chi connectivity index (χ1) is 14.8.